The molecule has 0 bridgehead atoms. The van der Waals surface area contributed by atoms with E-state index in [4.69, 9.17) is 0 Å². The average molecular weight is 719 g/mol. The standard InChI is InChI=1S/C54H38N2/c1-4-13-39(14-5-1)41-23-25-42(26-24-41)44-29-34-49(35-30-44)55(48-32-27-43(28-33-48)40-15-6-2-7-16-40)50-20-12-17-45(37-50)46-31-36-54-52(38-46)51-21-10-11-22-53(51)56(54)47-18-8-3-9-19-47/h1-38H/i12D,17D,20D,37D. The van der Waals surface area contributed by atoms with Gasteiger partial charge in [-0.15, -0.1) is 0 Å². The monoisotopic (exact) mass is 718 g/mol. The zero-order valence-corrected chi connectivity index (χ0v) is 30.5. The van der Waals surface area contributed by atoms with Crippen molar-refractivity contribution in [3.8, 4) is 50.2 Å². The Morgan fingerprint density at radius 3 is 1.36 bits per heavy atom. The van der Waals surface area contributed by atoms with Crippen LogP contribution in [0.25, 0.3) is 72.0 Å². The molecule has 10 rings (SSSR count). The molecule has 0 unspecified atom stereocenters. The molecule has 1 aromatic heterocycles. The molecule has 9 aromatic carbocycles. The molecule has 264 valence electrons. The number of benzene rings is 9. The molecule has 0 saturated heterocycles. The van der Waals surface area contributed by atoms with Gasteiger partial charge in [0.15, 0.2) is 0 Å². The molecule has 0 N–H and O–H groups in total. The van der Waals surface area contributed by atoms with Gasteiger partial charge in [-0.3, -0.25) is 0 Å². The van der Waals surface area contributed by atoms with Gasteiger partial charge in [0.2, 0.25) is 0 Å². The zero-order valence-electron chi connectivity index (χ0n) is 34.5. The highest BCUT2D eigenvalue weighted by Crippen LogP contribution is 2.40. The summed E-state index contributed by atoms with van der Waals surface area (Å²) >= 11 is 0. The maximum absolute atomic E-state index is 9.88. The number of nitrogens with zero attached hydrogens (tertiary/aromatic N) is 2. The highest BCUT2D eigenvalue weighted by atomic mass is 15.1. The lowest BCUT2D eigenvalue weighted by molar-refractivity contribution is 1.18. The van der Waals surface area contributed by atoms with Crippen molar-refractivity contribution < 1.29 is 5.48 Å². The van der Waals surface area contributed by atoms with Crippen molar-refractivity contribution in [3.63, 3.8) is 0 Å². The molecule has 0 aliphatic carbocycles. The van der Waals surface area contributed by atoms with Gasteiger partial charge in [-0.2, -0.15) is 0 Å². The minimum absolute atomic E-state index is 0.0138. The molecule has 0 atom stereocenters. The largest absolute Gasteiger partial charge is 0.310 e. The maximum Gasteiger partial charge on any atom is 0.0651 e. The van der Waals surface area contributed by atoms with Gasteiger partial charge in [0.25, 0.3) is 0 Å². The van der Waals surface area contributed by atoms with E-state index in [1.807, 2.05) is 126 Å². The third-order valence-corrected chi connectivity index (χ3v) is 10.5. The number of hydrogen-bond donors (Lipinski definition) is 0. The summed E-state index contributed by atoms with van der Waals surface area (Å²) in [5, 5.41) is 2.03. The Kier molecular flexibility index (Phi) is 7.47. The summed E-state index contributed by atoms with van der Waals surface area (Å²) < 4.78 is 39.9. The van der Waals surface area contributed by atoms with E-state index in [-0.39, 0.29) is 29.9 Å². The van der Waals surface area contributed by atoms with Crippen LogP contribution in [-0.2, 0) is 0 Å². The van der Waals surface area contributed by atoms with Gasteiger partial charge in [-0.1, -0.05) is 164 Å². The lowest BCUT2D eigenvalue weighted by atomic mass is 9.99. The molecule has 56 heavy (non-hydrogen) atoms. The van der Waals surface area contributed by atoms with Gasteiger partial charge in [0, 0.05) is 33.5 Å². The average Bonchev–Trinajstić information content (AvgIpc) is 3.64. The Morgan fingerprint density at radius 2 is 0.786 bits per heavy atom. The summed E-state index contributed by atoms with van der Waals surface area (Å²) in [5.41, 5.74) is 12.3. The van der Waals surface area contributed by atoms with Crippen LogP contribution in [0.4, 0.5) is 17.1 Å². The van der Waals surface area contributed by atoms with Crippen LogP contribution >= 0.6 is 0 Å². The van der Waals surface area contributed by atoms with E-state index in [0.717, 1.165) is 72.2 Å². The molecule has 10 aromatic rings. The number of para-hydroxylation sites is 2. The first-order valence-corrected chi connectivity index (χ1v) is 18.9. The van der Waals surface area contributed by atoms with E-state index in [0.29, 0.717) is 11.1 Å². The van der Waals surface area contributed by atoms with Gasteiger partial charge in [-0.25, -0.2) is 0 Å². The maximum atomic E-state index is 9.88. The van der Waals surface area contributed by atoms with Crippen LogP contribution in [0.3, 0.4) is 0 Å². The fraction of sp³-hybridized carbons (Fsp3) is 0. The van der Waals surface area contributed by atoms with Crippen LogP contribution in [0, 0.1) is 0 Å². The minimum Gasteiger partial charge on any atom is -0.310 e. The molecular formula is C54H38N2. The Balaban J connectivity index is 1.12. The molecule has 2 heteroatoms. The van der Waals surface area contributed by atoms with Gasteiger partial charge in [0.1, 0.15) is 0 Å². The SMILES string of the molecule is [2H]c1c([2H])c(-c2ccc3c(c2)c2ccccc2n3-c2ccccc2)c([2H])c(N(c2ccc(-c3ccccc3)cc2)c2ccc(-c3ccc(-c4ccccc4)cc3)cc2)c1[2H]. The Hall–Kier alpha value is -7.42. The number of rotatable bonds is 8. The van der Waals surface area contributed by atoms with E-state index in [2.05, 4.69) is 89.5 Å². The van der Waals surface area contributed by atoms with Gasteiger partial charge < -0.3 is 9.47 Å². The molecule has 0 fully saturated rings. The minimum atomic E-state index is -0.233. The van der Waals surface area contributed by atoms with Crippen molar-refractivity contribution in [1.82, 2.24) is 4.57 Å². The number of anilines is 3. The Morgan fingerprint density at radius 1 is 0.339 bits per heavy atom. The summed E-state index contributed by atoms with van der Waals surface area (Å²) in [6, 6.07) is 69.2. The first kappa shape index (κ1) is 29.0. The van der Waals surface area contributed by atoms with Crippen LogP contribution in [0.1, 0.15) is 5.48 Å². The van der Waals surface area contributed by atoms with Gasteiger partial charge >= 0.3 is 0 Å². The van der Waals surface area contributed by atoms with Crippen molar-refractivity contribution in [2.45, 2.75) is 0 Å². The van der Waals surface area contributed by atoms with Crippen LogP contribution < -0.4 is 4.90 Å². The van der Waals surface area contributed by atoms with Crippen molar-refractivity contribution in [1.29, 1.82) is 0 Å². The molecular weight excluding hydrogens is 677 g/mol. The smallest absolute Gasteiger partial charge is 0.0651 e. The summed E-state index contributed by atoms with van der Waals surface area (Å²) in [7, 11) is 0. The Labute approximate surface area is 333 Å². The van der Waals surface area contributed by atoms with E-state index in [1.165, 1.54) is 0 Å². The van der Waals surface area contributed by atoms with Crippen molar-refractivity contribution in [2.24, 2.45) is 0 Å². The Bertz CT molecular complexity index is 3140. The van der Waals surface area contributed by atoms with Gasteiger partial charge in [-0.05, 0) is 111 Å². The van der Waals surface area contributed by atoms with Crippen LogP contribution in [-0.4, -0.2) is 4.57 Å². The predicted octanol–water partition coefficient (Wildman–Crippen LogP) is 14.9. The molecule has 0 amide bonds. The topological polar surface area (TPSA) is 8.17 Å². The van der Waals surface area contributed by atoms with Gasteiger partial charge in [0.05, 0.1) is 16.5 Å². The summed E-state index contributed by atoms with van der Waals surface area (Å²) in [6.45, 7) is 0. The van der Waals surface area contributed by atoms with Crippen LogP contribution in [0.2, 0.25) is 0 Å². The quantitative estimate of drug-likeness (QED) is 0.152. The van der Waals surface area contributed by atoms with Crippen molar-refractivity contribution in [2.75, 3.05) is 4.90 Å². The van der Waals surface area contributed by atoms with Crippen LogP contribution in [0.15, 0.2) is 230 Å². The lowest BCUT2D eigenvalue weighted by Crippen LogP contribution is -2.10. The molecule has 0 spiro atoms. The number of hydrogen-bond acceptors (Lipinski definition) is 1. The molecule has 1 heterocycles. The van der Waals surface area contributed by atoms with E-state index in [1.54, 1.807) is 0 Å². The summed E-state index contributed by atoms with van der Waals surface area (Å²) in [5.74, 6) is 0. The first-order chi connectivity index (χ1) is 29.4. The number of fused-ring (bicyclic) bond motifs is 3. The highest BCUT2D eigenvalue weighted by Gasteiger charge is 2.16. The van der Waals surface area contributed by atoms with E-state index in [9.17, 15) is 5.48 Å². The zero-order chi connectivity index (χ0) is 40.7. The van der Waals surface area contributed by atoms with Crippen molar-refractivity contribution >= 4 is 38.9 Å². The van der Waals surface area contributed by atoms with E-state index < -0.39 is 0 Å². The third-order valence-electron chi connectivity index (χ3n) is 10.5. The fourth-order valence-corrected chi connectivity index (χ4v) is 7.70. The van der Waals surface area contributed by atoms with Crippen molar-refractivity contribution in [3.05, 3.63) is 230 Å². The predicted molar refractivity (Wildman–Crippen MR) is 237 cm³/mol. The summed E-state index contributed by atoms with van der Waals surface area (Å²) in [6.07, 6.45) is 0. The first-order valence-electron chi connectivity index (χ1n) is 20.9. The normalized spacial score (nSPS) is 12.2. The molecule has 0 aliphatic rings. The second kappa shape index (κ2) is 14.4. The molecule has 0 saturated carbocycles. The summed E-state index contributed by atoms with van der Waals surface area (Å²) in [4.78, 5) is 1.89. The highest BCUT2D eigenvalue weighted by molar-refractivity contribution is 6.10. The van der Waals surface area contributed by atoms with Crippen LogP contribution in [0.5, 0.6) is 0 Å². The second-order valence-corrected chi connectivity index (χ2v) is 13.9. The second-order valence-electron chi connectivity index (χ2n) is 13.9. The lowest BCUT2D eigenvalue weighted by Gasteiger charge is -2.26. The number of aromatic nitrogens is 1. The van der Waals surface area contributed by atoms with E-state index >= 15 is 0 Å². The molecule has 0 aliphatic heterocycles. The molecule has 0 radical (unpaired) electrons. The fourth-order valence-electron chi connectivity index (χ4n) is 7.70. The third kappa shape index (κ3) is 6.24. The molecule has 2 nitrogen and oxygen atoms in total.